The monoisotopic (exact) mass is 292 g/mol. The Hall–Kier alpha value is -1.99. The Balaban J connectivity index is 2.37. The van der Waals surface area contributed by atoms with Crippen molar-refractivity contribution in [1.82, 2.24) is 15.5 Å². The van der Waals surface area contributed by atoms with Crippen LogP contribution < -0.4 is 10.0 Å². The van der Waals surface area contributed by atoms with Crippen molar-refractivity contribution >= 4 is 15.8 Å². The summed E-state index contributed by atoms with van der Waals surface area (Å²) in [5.41, 5.74) is 1.66. The van der Waals surface area contributed by atoms with Crippen LogP contribution in [0.2, 0.25) is 0 Å². The molecule has 0 aliphatic carbocycles. The molecule has 0 saturated carbocycles. The van der Waals surface area contributed by atoms with Crippen LogP contribution in [0.25, 0.3) is 0 Å². The summed E-state index contributed by atoms with van der Waals surface area (Å²) < 4.78 is 27.2. The lowest BCUT2D eigenvalue weighted by molar-refractivity contribution is 0.600. The first-order chi connectivity index (χ1) is 9.54. The van der Waals surface area contributed by atoms with Gasteiger partial charge in [-0.25, -0.2) is 8.42 Å². The van der Waals surface area contributed by atoms with Crippen LogP contribution in [0.4, 0.5) is 5.82 Å². The number of nitrogens with zero attached hydrogens (tertiary/aromatic N) is 2. The normalized spacial score (nSPS) is 11.3. The fraction of sp³-hybridized carbons (Fsp3) is 0.231. The topological polar surface area (TPSA) is 84.0 Å². The van der Waals surface area contributed by atoms with Crippen LogP contribution in [-0.2, 0) is 16.6 Å². The summed E-state index contributed by atoms with van der Waals surface area (Å²) in [6.45, 7) is 2.40. The maximum absolute atomic E-state index is 12.4. The minimum absolute atomic E-state index is 0.200. The highest BCUT2D eigenvalue weighted by Crippen LogP contribution is 2.21. The van der Waals surface area contributed by atoms with Crippen LogP contribution in [0.3, 0.4) is 0 Å². The summed E-state index contributed by atoms with van der Waals surface area (Å²) in [6.07, 6.45) is 1.48. The molecular weight excluding hydrogens is 276 g/mol. The van der Waals surface area contributed by atoms with Gasteiger partial charge in [-0.05, 0) is 43.3 Å². The molecule has 1 heterocycles. The molecule has 0 atom stereocenters. The van der Waals surface area contributed by atoms with Gasteiger partial charge in [0, 0.05) is 12.7 Å². The fourth-order valence-electron chi connectivity index (χ4n) is 1.88. The summed E-state index contributed by atoms with van der Waals surface area (Å²) in [5, 5.41) is 10.4. The maximum atomic E-state index is 12.4. The van der Waals surface area contributed by atoms with E-state index in [4.69, 9.17) is 0 Å². The molecule has 0 fully saturated rings. The number of sulfonamides is 1. The molecule has 6 nitrogen and oxygen atoms in total. The average Bonchev–Trinajstić information content (AvgIpc) is 2.42. The highest BCUT2D eigenvalue weighted by Gasteiger charge is 2.18. The third-order valence-electron chi connectivity index (χ3n) is 2.86. The fourth-order valence-corrected chi connectivity index (χ4v) is 3.17. The molecule has 2 N–H and O–H groups in total. The second kappa shape index (κ2) is 5.98. The lowest BCUT2D eigenvalue weighted by atomic mass is 10.1. The van der Waals surface area contributed by atoms with Crippen molar-refractivity contribution in [3.63, 3.8) is 0 Å². The number of hydrogen-bond donors (Lipinski definition) is 2. The Bertz CT molecular complexity index is 687. The van der Waals surface area contributed by atoms with Gasteiger partial charge in [-0.3, -0.25) is 4.72 Å². The van der Waals surface area contributed by atoms with Gasteiger partial charge in [-0.1, -0.05) is 12.1 Å². The lowest BCUT2D eigenvalue weighted by Crippen LogP contribution is -2.17. The highest BCUT2D eigenvalue weighted by atomic mass is 32.2. The SMILES string of the molecule is CNCc1cccc(S(=O)(=O)Nc2cccnn2)c1C. The maximum Gasteiger partial charge on any atom is 0.263 e. The van der Waals surface area contributed by atoms with Crippen LogP contribution in [0.15, 0.2) is 41.4 Å². The Morgan fingerprint density at radius 1 is 1.20 bits per heavy atom. The van der Waals surface area contributed by atoms with Gasteiger partial charge in [0.2, 0.25) is 0 Å². The van der Waals surface area contributed by atoms with Crippen molar-refractivity contribution in [2.75, 3.05) is 11.8 Å². The minimum atomic E-state index is -3.67. The molecule has 0 saturated heterocycles. The van der Waals surface area contributed by atoms with Crippen LogP contribution in [-0.4, -0.2) is 25.7 Å². The van der Waals surface area contributed by atoms with E-state index in [9.17, 15) is 8.42 Å². The Kier molecular flexibility index (Phi) is 4.31. The van der Waals surface area contributed by atoms with E-state index in [1.54, 1.807) is 31.2 Å². The Morgan fingerprint density at radius 3 is 2.65 bits per heavy atom. The zero-order valence-electron chi connectivity index (χ0n) is 11.3. The van der Waals surface area contributed by atoms with Gasteiger partial charge in [0.1, 0.15) is 0 Å². The van der Waals surface area contributed by atoms with Gasteiger partial charge in [0.15, 0.2) is 5.82 Å². The molecule has 0 bridgehead atoms. The number of aromatic nitrogens is 2. The summed E-state index contributed by atoms with van der Waals surface area (Å²) in [6, 6.07) is 8.37. The summed E-state index contributed by atoms with van der Waals surface area (Å²) in [5.74, 6) is 0.200. The van der Waals surface area contributed by atoms with Gasteiger partial charge in [-0.2, -0.15) is 5.10 Å². The molecule has 1 aromatic carbocycles. The molecular formula is C13H16N4O2S. The van der Waals surface area contributed by atoms with E-state index in [-0.39, 0.29) is 10.7 Å². The number of rotatable bonds is 5. The molecule has 2 rings (SSSR count). The zero-order valence-corrected chi connectivity index (χ0v) is 12.1. The third kappa shape index (κ3) is 3.12. The van der Waals surface area contributed by atoms with Gasteiger partial charge < -0.3 is 5.32 Å². The first-order valence-corrected chi connectivity index (χ1v) is 7.56. The average molecular weight is 292 g/mol. The Labute approximate surface area is 118 Å². The first kappa shape index (κ1) is 14.4. The van der Waals surface area contributed by atoms with Gasteiger partial charge in [0.25, 0.3) is 10.0 Å². The van der Waals surface area contributed by atoms with Crippen molar-refractivity contribution in [2.24, 2.45) is 0 Å². The molecule has 2 aromatic rings. The quantitative estimate of drug-likeness (QED) is 0.868. The van der Waals surface area contributed by atoms with E-state index in [2.05, 4.69) is 20.2 Å². The molecule has 0 spiro atoms. The predicted molar refractivity (Wildman–Crippen MR) is 76.8 cm³/mol. The van der Waals surface area contributed by atoms with Crippen molar-refractivity contribution < 1.29 is 8.42 Å². The molecule has 106 valence electrons. The third-order valence-corrected chi connectivity index (χ3v) is 4.36. The largest absolute Gasteiger partial charge is 0.316 e. The van der Waals surface area contributed by atoms with Crippen molar-refractivity contribution in [3.05, 3.63) is 47.7 Å². The number of anilines is 1. The van der Waals surface area contributed by atoms with E-state index in [1.165, 1.54) is 6.20 Å². The van der Waals surface area contributed by atoms with Crippen molar-refractivity contribution in [2.45, 2.75) is 18.4 Å². The smallest absolute Gasteiger partial charge is 0.263 e. The minimum Gasteiger partial charge on any atom is -0.316 e. The number of benzene rings is 1. The number of nitrogens with one attached hydrogen (secondary N) is 2. The summed E-state index contributed by atoms with van der Waals surface area (Å²) in [7, 11) is -1.85. The zero-order chi connectivity index (χ0) is 14.6. The predicted octanol–water partition coefficient (Wildman–Crippen LogP) is 1.31. The molecule has 20 heavy (non-hydrogen) atoms. The molecule has 0 aliphatic rings. The van der Waals surface area contributed by atoms with E-state index in [0.717, 1.165) is 11.1 Å². The van der Waals surface area contributed by atoms with Crippen LogP contribution in [0.1, 0.15) is 11.1 Å². The molecule has 1 aromatic heterocycles. The highest BCUT2D eigenvalue weighted by molar-refractivity contribution is 7.92. The van der Waals surface area contributed by atoms with E-state index >= 15 is 0 Å². The second-order valence-electron chi connectivity index (χ2n) is 4.28. The van der Waals surface area contributed by atoms with E-state index in [1.807, 2.05) is 13.1 Å². The van der Waals surface area contributed by atoms with Crippen LogP contribution in [0.5, 0.6) is 0 Å². The van der Waals surface area contributed by atoms with E-state index < -0.39 is 10.0 Å². The molecule has 0 unspecified atom stereocenters. The number of hydrogen-bond acceptors (Lipinski definition) is 5. The standard InChI is InChI=1S/C13H16N4O2S/c1-10-11(9-14-2)5-3-6-12(10)20(18,19)17-13-7-4-8-15-16-13/h3-8,14H,9H2,1-2H3,(H,16,17). The van der Waals surface area contributed by atoms with Crippen molar-refractivity contribution in [3.8, 4) is 0 Å². The molecule has 0 aliphatic heterocycles. The molecule has 0 amide bonds. The lowest BCUT2D eigenvalue weighted by Gasteiger charge is -2.12. The summed E-state index contributed by atoms with van der Waals surface area (Å²) >= 11 is 0. The van der Waals surface area contributed by atoms with Gasteiger partial charge >= 0.3 is 0 Å². The van der Waals surface area contributed by atoms with Crippen LogP contribution in [0, 0.1) is 6.92 Å². The first-order valence-electron chi connectivity index (χ1n) is 6.08. The van der Waals surface area contributed by atoms with Crippen molar-refractivity contribution in [1.29, 1.82) is 0 Å². The molecule has 7 heteroatoms. The summed E-state index contributed by atoms with van der Waals surface area (Å²) in [4.78, 5) is 0.246. The van der Waals surface area contributed by atoms with Gasteiger partial charge in [0.05, 0.1) is 4.90 Å². The Morgan fingerprint density at radius 2 is 2.00 bits per heavy atom. The second-order valence-corrected chi connectivity index (χ2v) is 5.94. The van der Waals surface area contributed by atoms with Gasteiger partial charge in [-0.15, -0.1) is 5.10 Å². The van der Waals surface area contributed by atoms with Crippen LogP contribution >= 0.6 is 0 Å². The van der Waals surface area contributed by atoms with E-state index in [0.29, 0.717) is 6.54 Å². The molecule has 0 radical (unpaired) electrons.